The average Bonchev–Trinajstić information content (AvgIpc) is 2.65. The second-order valence-corrected chi connectivity index (χ2v) is 7.20. The molecule has 0 amide bonds. The van der Waals surface area contributed by atoms with Gasteiger partial charge in [0.15, 0.2) is 0 Å². The van der Waals surface area contributed by atoms with Crippen LogP contribution in [0.2, 0.25) is 0 Å². The van der Waals surface area contributed by atoms with Crippen LogP contribution in [0.1, 0.15) is 39.0 Å². The van der Waals surface area contributed by atoms with Gasteiger partial charge in [-0.3, -0.25) is 0 Å². The first kappa shape index (κ1) is 16.3. The Morgan fingerprint density at radius 1 is 1.14 bits per heavy atom. The molecule has 2 atom stereocenters. The lowest BCUT2D eigenvalue weighted by molar-refractivity contribution is 0.130. The molecular weight excluding hydrogens is 288 g/mol. The molecule has 6 heteroatoms. The summed E-state index contributed by atoms with van der Waals surface area (Å²) in [6, 6.07) is 6.29. The van der Waals surface area contributed by atoms with Crippen molar-refractivity contribution in [3.8, 4) is 0 Å². The largest absolute Gasteiger partial charge is 0.391 e. The maximum Gasteiger partial charge on any atom is 0.240 e. The monoisotopic (exact) mass is 312 g/mol. The normalized spacial score (nSPS) is 23.5. The van der Waals surface area contributed by atoms with Gasteiger partial charge in [-0.25, -0.2) is 13.1 Å². The highest BCUT2D eigenvalue weighted by Gasteiger charge is 2.26. The summed E-state index contributed by atoms with van der Waals surface area (Å²) in [5.74, 6) is 0. The standard InChI is InChI=1S/C15H24N2O3S/c1-2-16-12-8-10-13(11-9-12)21(19,20)17-14-6-4-3-5-7-15(14)18/h8-11,14-18H,2-7H2,1H3. The molecule has 5 nitrogen and oxygen atoms in total. The molecule has 0 bridgehead atoms. The number of hydrogen-bond acceptors (Lipinski definition) is 4. The Kier molecular flexibility index (Phi) is 5.61. The number of sulfonamides is 1. The number of aliphatic hydroxyl groups excluding tert-OH is 1. The van der Waals surface area contributed by atoms with Crippen molar-refractivity contribution in [3.63, 3.8) is 0 Å². The quantitative estimate of drug-likeness (QED) is 0.728. The van der Waals surface area contributed by atoms with Crippen LogP contribution in [0.5, 0.6) is 0 Å². The van der Waals surface area contributed by atoms with Gasteiger partial charge in [-0.1, -0.05) is 19.3 Å². The van der Waals surface area contributed by atoms with E-state index in [-0.39, 0.29) is 10.9 Å². The predicted molar refractivity (Wildman–Crippen MR) is 83.8 cm³/mol. The van der Waals surface area contributed by atoms with Gasteiger partial charge >= 0.3 is 0 Å². The molecule has 1 saturated carbocycles. The van der Waals surface area contributed by atoms with Crippen LogP contribution in [-0.4, -0.2) is 32.2 Å². The topological polar surface area (TPSA) is 78.4 Å². The van der Waals surface area contributed by atoms with Crippen molar-refractivity contribution >= 4 is 15.7 Å². The summed E-state index contributed by atoms with van der Waals surface area (Å²) < 4.78 is 27.4. The Hall–Kier alpha value is -1.11. The third kappa shape index (κ3) is 4.43. The molecule has 21 heavy (non-hydrogen) atoms. The molecule has 0 aromatic heterocycles. The lowest BCUT2D eigenvalue weighted by atomic mass is 10.1. The summed E-state index contributed by atoms with van der Waals surface area (Å²) >= 11 is 0. The molecular formula is C15H24N2O3S. The molecule has 1 aliphatic rings. The smallest absolute Gasteiger partial charge is 0.240 e. The minimum absolute atomic E-state index is 0.237. The van der Waals surface area contributed by atoms with E-state index in [1.807, 2.05) is 6.92 Å². The van der Waals surface area contributed by atoms with Gasteiger partial charge in [0, 0.05) is 18.3 Å². The zero-order valence-electron chi connectivity index (χ0n) is 12.4. The molecule has 1 aromatic carbocycles. The van der Waals surface area contributed by atoms with E-state index in [4.69, 9.17) is 0 Å². The van der Waals surface area contributed by atoms with Crippen LogP contribution < -0.4 is 10.0 Å². The minimum atomic E-state index is -3.58. The SMILES string of the molecule is CCNc1ccc(S(=O)(=O)NC2CCCCCC2O)cc1. The van der Waals surface area contributed by atoms with Crippen molar-refractivity contribution in [2.24, 2.45) is 0 Å². The van der Waals surface area contributed by atoms with Crippen molar-refractivity contribution in [1.82, 2.24) is 4.72 Å². The molecule has 1 fully saturated rings. The van der Waals surface area contributed by atoms with Crippen molar-refractivity contribution < 1.29 is 13.5 Å². The Labute approximate surface area is 126 Å². The molecule has 0 radical (unpaired) electrons. The van der Waals surface area contributed by atoms with E-state index < -0.39 is 16.1 Å². The summed E-state index contributed by atoms with van der Waals surface area (Å²) in [6.07, 6.45) is 3.71. The summed E-state index contributed by atoms with van der Waals surface area (Å²) in [4.78, 5) is 0.237. The van der Waals surface area contributed by atoms with Gasteiger partial charge in [0.1, 0.15) is 0 Å². The van der Waals surface area contributed by atoms with Crippen molar-refractivity contribution in [1.29, 1.82) is 0 Å². The van der Waals surface area contributed by atoms with E-state index in [1.165, 1.54) is 0 Å². The number of nitrogens with one attached hydrogen (secondary N) is 2. The van der Waals surface area contributed by atoms with Gasteiger partial charge in [0.05, 0.1) is 11.0 Å². The molecule has 0 saturated heterocycles. The highest BCUT2D eigenvalue weighted by Crippen LogP contribution is 2.21. The fourth-order valence-corrected chi connectivity index (χ4v) is 3.95. The number of hydrogen-bond donors (Lipinski definition) is 3. The van der Waals surface area contributed by atoms with E-state index in [0.29, 0.717) is 12.8 Å². The second-order valence-electron chi connectivity index (χ2n) is 5.49. The molecule has 1 aromatic rings. The molecule has 3 N–H and O–H groups in total. The highest BCUT2D eigenvalue weighted by molar-refractivity contribution is 7.89. The maximum absolute atomic E-state index is 12.4. The number of aliphatic hydroxyl groups is 1. The zero-order chi connectivity index (χ0) is 15.3. The van der Waals surface area contributed by atoms with Crippen LogP contribution >= 0.6 is 0 Å². The van der Waals surface area contributed by atoms with Crippen LogP contribution in [0.4, 0.5) is 5.69 Å². The van der Waals surface area contributed by atoms with Gasteiger partial charge in [0.2, 0.25) is 10.0 Å². The third-order valence-corrected chi connectivity index (χ3v) is 5.34. The number of benzene rings is 1. The lowest BCUT2D eigenvalue weighted by Crippen LogP contribution is -2.42. The Balaban J connectivity index is 2.09. The fraction of sp³-hybridized carbons (Fsp3) is 0.600. The number of anilines is 1. The van der Waals surface area contributed by atoms with Crippen molar-refractivity contribution in [2.45, 2.75) is 56.1 Å². The lowest BCUT2D eigenvalue weighted by Gasteiger charge is -2.21. The fourth-order valence-electron chi connectivity index (χ4n) is 2.65. The van der Waals surface area contributed by atoms with Gasteiger partial charge in [-0.2, -0.15) is 0 Å². The molecule has 2 unspecified atom stereocenters. The average molecular weight is 312 g/mol. The van der Waals surface area contributed by atoms with Crippen LogP contribution in [-0.2, 0) is 10.0 Å². The molecule has 118 valence electrons. The zero-order valence-corrected chi connectivity index (χ0v) is 13.2. The van der Waals surface area contributed by atoms with Crippen LogP contribution in [0.25, 0.3) is 0 Å². The molecule has 1 aliphatic carbocycles. The predicted octanol–water partition coefficient (Wildman–Crippen LogP) is 2.09. The Bertz CT molecular complexity index is 543. The first-order valence-electron chi connectivity index (χ1n) is 7.57. The van der Waals surface area contributed by atoms with Gasteiger partial charge in [0.25, 0.3) is 0 Å². The first-order valence-corrected chi connectivity index (χ1v) is 9.05. The van der Waals surface area contributed by atoms with E-state index in [0.717, 1.165) is 31.5 Å². The maximum atomic E-state index is 12.4. The summed E-state index contributed by atoms with van der Waals surface area (Å²) in [6.45, 7) is 2.78. The molecule has 0 heterocycles. The van der Waals surface area contributed by atoms with Crippen molar-refractivity contribution in [3.05, 3.63) is 24.3 Å². The minimum Gasteiger partial charge on any atom is -0.391 e. The summed E-state index contributed by atoms with van der Waals surface area (Å²) in [7, 11) is -3.58. The van der Waals surface area contributed by atoms with Gasteiger partial charge in [-0.05, 0) is 44.0 Å². The second kappa shape index (κ2) is 7.24. The molecule has 0 spiro atoms. The Morgan fingerprint density at radius 2 is 1.81 bits per heavy atom. The van der Waals surface area contributed by atoms with E-state index in [1.54, 1.807) is 24.3 Å². The van der Waals surface area contributed by atoms with Crippen LogP contribution in [0, 0.1) is 0 Å². The van der Waals surface area contributed by atoms with E-state index in [9.17, 15) is 13.5 Å². The summed E-state index contributed by atoms with van der Waals surface area (Å²) in [5, 5.41) is 13.2. The number of rotatable bonds is 5. The van der Waals surface area contributed by atoms with E-state index >= 15 is 0 Å². The van der Waals surface area contributed by atoms with Gasteiger partial charge in [-0.15, -0.1) is 0 Å². The van der Waals surface area contributed by atoms with Crippen LogP contribution in [0.15, 0.2) is 29.2 Å². The first-order chi connectivity index (χ1) is 10.0. The Morgan fingerprint density at radius 3 is 2.48 bits per heavy atom. The van der Waals surface area contributed by atoms with Crippen molar-refractivity contribution in [2.75, 3.05) is 11.9 Å². The molecule has 0 aliphatic heterocycles. The summed E-state index contributed by atoms with van der Waals surface area (Å²) in [5.41, 5.74) is 0.894. The van der Waals surface area contributed by atoms with Crippen LogP contribution in [0.3, 0.4) is 0 Å². The molecule has 2 rings (SSSR count). The van der Waals surface area contributed by atoms with Gasteiger partial charge < -0.3 is 10.4 Å². The highest BCUT2D eigenvalue weighted by atomic mass is 32.2. The van der Waals surface area contributed by atoms with E-state index in [2.05, 4.69) is 10.0 Å². The third-order valence-electron chi connectivity index (χ3n) is 3.83.